The van der Waals surface area contributed by atoms with Gasteiger partial charge in [-0.05, 0) is 18.2 Å². The van der Waals surface area contributed by atoms with E-state index in [4.69, 9.17) is 15.3 Å². The molecule has 7 heteroatoms. The highest BCUT2D eigenvalue weighted by Crippen LogP contribution is 2.17. The fourth-order valence-corrected chi connectivity index (χ4v) is 1.67. The first-order valence-corrected chi connectivity index (χ1v) is 5.92. The van der Waals surface area contributed by atoms with Crippen molar-refractivity contribution in [3.63, 3.8) is 0 Å². The van der Waals surface area contributed by atoms with Crippen LogP contribution in [0.25, 0.3) is 0 Å². The quantitative estimate of drug-likeness (QED) is 0.654. The Hall–Kier alpha value is -2.57. The summed E-state index contributed by atoms with van der Waals surface area (Å²) < 4.78 is 0. The van der Waals surface area contributed by atoms with Crippen LogP contribution < -0.4 is 4.90 Å². The minimum absolute atomic E-state index is 0.0677. The number of nitrogens with zero attached hydrogens (tertiary/aromatic N) is 1. The molecular weight excluding hydrogens is 266 g/mol. The zero-order valence-corrected chi connectivity index (χ0v) is 10.7. The molecule has 0 aliphatic heterocycles. The van der Waals surface area contributed by atoms with Crippen LogP contribution in [0, 0.1) is 0 Å². The molecule has 7 nitrogen and oxygen atoms in total. The van der Waals surface area contributed by atoms with Crippen LogP contribution in [0.3, 0.4) is 0 Å². The highest BCUT2D eigenvalue weighted by Gasteiger charge is 2.12. The fourth-order valence-electron chi connectivity index (χ4n) is 1.67. The largest absolute Gasteiger partial charge is 0.481 e. The van der Waals surface area contributed by atoms with E-state index in [1.165, 1.54) is 18.2 Å². The predicted molar refractivity (Wildman–Crippen MR) is 70.1 cm³/mol. The molecule has 0 aliphatic rings. The van der Waals surface area contributed by atoms with Gasteiger partial charge in [0.1, 0.15) is 0 Å². The number of carboxylic acid groups (broad SMARTS) is 3. The lowest BCUT2D eigenvalue weighted by Crippen LogP contribution is -2.28. The summed E-state index contributed by atoms with van der Waals surface area (Å²) >= 11 is 0. The van der Waals surface area contributed by atoms with Crippen LogP contribution in [0.5, 0.6) is 0 Å². The highest BCUT2D eigenvalue weighted by atomic mass is 16.4. The van der Waals surface area contributed by atoms with Crippen LogP contribution in [0.15, 0.2) is 24.3 Å². The lowest BCUT2D eigenvalue weighted by Gasteiger charge is -2.23. The van der Waals surface area contributed by atoms with Gasteiger partial charge in [0.2, 0.25) is 0 Å². The number of aromatic carboxylic acids is 1. The number of carboxylic acids is 3. The van der Waals surface area contributed by atoms with Gasteiger partial charge in [-0.3, -0.25) is 9.59 Å². The minimum atomic E-state index is -1.09. The first-order valence-electron chi connectivity index (χ1n) is 5.92. The Morgan fingerprint density at radius 3 is 1.95 bits per heavy atom. The van der Waals surface area contributed by atoms with Crippen LogP contribution in [0.2, 0.25) is 0 Å². The lowest BCUT2D eigenvalue weighted by molar-refractivity contribution is -0.137. The monoisotopic (exact) mass is 281 g/mol. The van der Waals surface area contributed by atoms with Gasteiger partial charge in [0.15, 0.2) is 0 Å². The normalized spacial score (nSPS) is 10.0. The van der Waals surface area contributed by atoms with E-state index in [1.807, 2.05) is 0 Å². The number of rotatable bonds is 8. The summed E-state index contributed by atoms with van der Waals surface area (Å²) in [7, 11) is 0. The molecule has 1 aromatic carbocycles. The summed E-state index contributed by atoms with van der Waals surface area (Å²) in [5, 5.41) is 26.3. The van der Waals surface area contributed by atoms with Crippen molar-refractivity contribution in [2.45, 2.75) is 12.8 Å². The van der Waals surface area contributed by atoms with Crippen LogP contribution in [0.4, 0.5) is 5.69 Å². The Kier molecular flexibility index (Phi) is 5.52. The van der Waals surface area contributed by atoms with E-state index >= 15 is 0 Å². The summed E-state index contributed by atoms with van der Waals surface area (Å²) in [6.07, 6.45) is -0.312. The van der Waals surface area contributed by atoms with E-state index in [-0.39, 0.29) is 31.5 Å². The van der Waals surface area contributed by atoms with Crippen molar-refractivity contribution in [3.8, 4) is 0 Å². The van der Waals surface area contributed by atoms with Gasteiger partial charge in [-0.25, -0.2) is 4.79 Å². The van der Waals surface area contributed by atoms with E-state index in [0.29, 0.717) is 5.69 Å². The third-order valence-corrected chi connectivity index (χ3v) is 2.65. The van der Waals surface area contributed by atoms with E-state index in [0.717, 1.165) is 0 Å². The molecule has 0 unspecified atom stereocenters. The van der Waals surface area contributed by atoms with Gasteiger partial charge in [-0.15, -0.1) is 0 Å². The fraction of sp³-hybridized carbons (Fsp3) is 0.308. The summed E-state index contributed by atoms with van der Waals surface area (Å²) in [5.74, 6) is -3.09. The van der Waals surface area contributed by atoms with Crippen molar-refractivity contribution < 1.29 is 29.7 Å². The lowest BCUT2D eigenvalue weighted by atomic mass is 10.1. The van der Waals surface area contributed by atoms with Crippen LogP contribution in [0.1, 0.15) is 23.2 Å². The number of hydrogen-bond donors (Lipinski definition) is 3. The zero-order valence-electron chi connectivity index (χ0n) is 10.7. The van der Waals surface area contributed by atoms with Gasteiger partial charge in [-0.2, -0.15) is 0 Å². The smallest absolute Gasteiger partial charge is 0.335 e. The third kappa shape index (κ3) is 4.97. The average molecular weight is 281 g/mol. The van der Waals surface area contributed by atoms with E-state index in [9.17, 15) is 14.4 Å². The first-order chi connectivity index (χ1) is 9.40. The molecule has 0 saturated heterocycles. The van der Waals surface area contributed by atoms with Crippen molar-refractivity contribution >= 4 is 23.6 Å². The predicted octanol–water partition coefficient (Wildman–Crippen LogP) is 1.14. The van der Waals surface area contributed by atoms with E-state index < -0.39 is 17.9 Å². The van der Waals surface area contributed by atoms with Crippen molar-refractivity contribution in [1.82, 2.24) is 0 Å². The maximum Gasteiger partial charge on any atom is 0.335 e. The van der Waals surface area contributed by atoms with Crippen molar-refractivity contribution in [2.75, 3.05) is 18.0 Å². The SMILES string of the molecule is O=C(O)CCN(CCC(=O)O)c1cccc(C(=O)O)c1. The second-order valence-corrected chi connectivity index (χ2v) is 4.13. The van der Waals surface area contributed by atoms with Gasteiger partial charge < -0.3 is 20.2 Å². The number of hydrogen-bond acceptors (Lipinski definition) is 4. The molecule has 3 N–H and O–H groups in total. The molecule has 0 aliphatic carbocycles. The Morgan fingerprint density at radius 2 is 1.50 bits per heavy atom. The summed E-state index contributed by atoms with van der Waals surface area (Å²) in [5.41, 5.74) is 0.561. The number of benzene rings is 1. The summed E-state index contributed by atoms with van der Waals surface area (Å²) in [4.78, 5) is 33.7. The molecular formula is C13H15NO6. The Labute approximate surface area is 115 Å². The highest BCUT2D eigenvalue weighted by molar-refractivity contribution is 5.88. The van der Waals surface area contributed by atoms with E-state index in [2.05, 4.69) is 0 Å². The molecule has 0 aromatic heterocycles. The topological polar surface area (TPSA) is 115 Å². The Balaban J connectivity index is 2.89. The molecule has 0 bridgehead atoms. The van der Waals surface area contributed by atoms with Crippen LogP contribution in [-0.2, 0) is 9.59 Å². The van der Waals surface area contributed by atoms with Crippen molar-refractivity contribution in [1.29, 1.82) is 0 Å². The maximum absolute atomic E-state index is 10.9. The molecule has 0 atom stereocenters. The molecule has 0 spiro atoms. The van der Waals surface area contributed by atoms with Gasteiger partial charge >= 0.3 is 17.9 Å². The Morgan fingerprint density at radius 1 is 0.950 bits per heavy atom. The third-order valence-electron chi connectivity index (χ3n) is 2.65. The molecule has 0 fully saturated rings. The molecule has 0 amide bonds. The van der Waals surface area contributed by atoms with Gasteiger partial charge in [0, 0.05) is 18.8 Å². The second kappa shape index (κ2) is 7.13. The molecule has 0 saturated carbocycles. The maximum atomic E-state index is 10.9. The second-order valence-electron chi connectivity index (χ2n) is 4.13. The summed E-state index contributed by atoms with van der Waals surface area (Å²) in [6.45, 7) is 0.234. The number of aliphatic carboxylic acids is 2. The molecule has 0 heterocycles. The van der Waals surface area contributed by atoms with Gasteiger partial charge in [0.25, 0.3) is 0 Å². The minimum Gasteiger partial charge on any atom is -0.481 e. The zero-order chi connectivity index (χ0) is 15.1. The van der Waals surface area contributed by atoms with E-state index in [1.54, 1.807) is 11.0 Å². The molecule has 1 aromatic rings. The number of anilines is 1. The molecule has 0 radical (unpaired) electrons. The van der Waals surface area contributed by atoms with Gasteiger partial charge in [0.05, 0.1) is 18.4 Å². The first kappa shape index (κ1) is 15.5. The van der Waals surface area contributed by atoms with Crippen molar-refractivity contribution in [3.05, 3.63) is 29.8 Å². The Bertz CT molecular complexity index is 495. The summed E-state index contributed by atoms with van der Waals surface area (Å²) in [6, 6.07) is 5.97. The van der Waals surface area contributed by atoms with Crippen LogP contribution in [-0.4, -0.2) is 46.3 Å². The van der Waals surface area contributed by atoms with Crippen molar-refractivity contribution in [2.24, 2.45) is 0 Å². The number of carbonyl (C=O) groups is 3. The standard InChI is InChI=1S/C13H15NO6/c15-11(16)4-6-14(7-5-12(17)18)10-3-1-2-9(8-10)13(19)20/h1-3,8H,4-7H2,(H,15,16)(H,17,18)(H,19,20). The molecule has 1 rings (SSSR count). The molecule has 108 valence electrons. The molecule has 20 heavy (non-hydrogen) atoms. The van der Waals surface area contributed by atoms with Crippen LogP contribution >= 0.6 is 0 Å². The van der Waals surface area contributed by atoms with Gasteiger partial charge in [-0.1, -0.05) is 6.07 Å². The average Bonchev–Trinajstić information content (AvgIpc) is 2.38.